The van der Waals surface area contributed by atoms with Gasteiger partial charge in [0.2, 0.25) is 0 Å². The molecule has 0 atom stereocenters. The van der Waals surface area contributed by atoms with E-state index in [0.717, 1.165) is 79.1 Å². The fraction of sp³-hybridized carbons (Fsp3) is 0.158. The predicted octanol–water partition coefficient (Wildman–Crippen LogP) is 8.92. The summed E-state index contributed by atoms with van der Waals surface area (Å²) in [7, 11) is 1.68. The van der Waals surface area contributed by atoms with Crippen molar-refractivity contribution >= 4 is 21.8 Å². The summed E-state index contributed by atoms with van der Waals surface area (Å²) >= 11 is 0. The van der Waals surface area contributed by atoms with Crippen molar-refractivity contribution in [2.75, 3.05) is 7.11 Å². The normalized spacial score (nSPS) is 11.1. The Kier molecular flexibility index (Phi) is 8.35. The Morgan fingerprint density at radius 3 is 2.40 bits per heavy atom. The zero-order valence-corrected chi connectivity index (χ0v) is 28.1. The quantitative estimate of drug-likeness (QED) is 0.152. The fourth-order valence-corrected chi connectivity index (χ4v) is 5.95. The van der Waals surface area contributed by atoms with Gasteiger partial charge in [-0.15, -0.1) is 35.7 Å². The molecule has 4 aromatic carbocycles. The molecule has 0 spiro atoms. The number of methoxy groups -OCH3 is 1. The molecule has 226 valence electrons. The van der Waals surface area contributed by atoms with Gasteiger partial charge in [-0.2, -0.15) is 16.7 Å². The van der Waals surface area contributed by atoms with E-state index in [0.29, 0.717) is 11.5 Å². The molecule has 0 saturated heterocycles. The van der Waals surface area contributed by atoms with Crippen LogP contribution in [0.5, 0.6) is 17.2 Å². The van der Waals surface area contributed by atoms with Crippen LogP contribution in [0.4, 0.5) is 0 Å². The number of nitrogens with zero attached hydrogens (tertiary/aromatic N) is 4. The maximum Gasteiger partial charge on any atom is 2.00 e. The van der Waals surface area contributed by atoms with Crippen molar-refractivity contribution in [3.8, 4) is 39.9 Å². The summed E-state index contributed by atoms with van der Waals surface area (Å²) in [5.41, 5.74) is 9.32. The van der Waals surface area contributed by atoms with E-state index in [1.165, 1.54) is 0 Å². The largest absolute Gasteiger partial charge is 2.00 e. The Balaban J connectivity index is 0.00000357. The summed E-state index contributed by atoms with van der Waals surface area (Å²) in [6.45, 7) is 8.36. The first-order valence-corrected chi connectivity index (χ1v) is 14.8. The average molecular weight is 772 g/mol. The minimum atomic E-state index is 0. The number of ether oxygens (including phenoxy) is 2. The van der Waals surface area contributed by atoms with Gasteiger partial charge in [0.1, 0.15) is 11.6 Å². The first-order chi connectivity index (χ1) is 21.4. The first kappa shape index (κ1) is 30.4. The molecule has 0 unspecified atom stereocenters. The summed E-state index contributed by atoms with van der Waals surface area (Å²) in [4.78, 5) is 4.70. The Morgan fingerprint density at radius 2 is 1.64 bits per heavy atom. The summed E-state index contributed by atoms with van der Waals surface area (Å²) in [5.74, 6) is 2.83. The molecule has 7 rings (SSSR count). The van der Waals surface area contributed by atoms with Crippen molar-refractivity contribution in [2.45, 2.75) is 34.1 Å². The second kappa shape index (κ2) is 12.4. The van der Waals surface area contributed by atoms with E-state index in [-0.39, 0.29) is 21.1 Å². The molecule has 3 aromatic heterocycles. The summed E-state index contributed by atoms with van der Waals surface area (Å²) < 4.78 is 16.1. The molecule has 3 heterocycles. The van der Waals surface area contributed by atoms with Gasteiger partial charge >= 0.3 is 21.1 Å². The Morgan fingerprint density at radius 1 is 0.822 bits per heavy atom. The molecule has 0 N–H and O–H groups in total. The van der Waals surface area contributed by atoms with Crippen molar-refractivity contribution in [1.29, 1.82) is 0 Å². The molecule has 0 saturated carbocycles. The molecule has 0 aliphatic carbocycles. The molecule has 0 bridgehead atoms. The van der Waals surface area contributed by atoms with E-state index in [1.54, 1.807) is 7.11 Å². The Bertz CT molecular complexity index is 2160. The van der Waals surface area contributed by atoms with Crippen molar-refractivity contribution < 1.29 is 30.5 Å². The number of benzene rings is 4. The number of hydrogen-bond acceptors (Lipinski definition) is 4. The molecule has 0 amide bonds. The molecule has 0 aliphatic rings. The van der Waals surface area contributed by atoms with Crippen LogP contribution in [-0.2, 0) is 27.5 Å². The zero-order chi connectivity index (χ0) is 30.4. The number of pyridine rings is 1. The van der Waals surface area contributed by atoms with Crippen LogP contribution in [0, 0.1) is 32.9 Å². The minimum absolute atomic E-state index is 0. The number of fused-ring (bicyclic) bond motifs is 3. The van der Waals surface area contributed by atoms with Gasteiger partial charge in [-0.3, -0.25) is 4.68 Å². The topological polar surface area (TPSA) is 54.1 Å². The van der Waals surface area contributed by atoms with Gasteiger partial charge in [-0.05, 0) is 73.3 Å². The second-order valence-corrected chi connectivity index (χ2v) is 11.0. The van der Waals surface area contributed by atoms with Gasteiger partial charge in [0.05, 0.1) is 12.8 Å². The van der Waals surface area contributed by atoms with Gasteiger partial charge in [-0.25, -0.2) is 4.98 Å². The Hall–Kier alpha value is -4.67. The summed E-state index contributed by atoms with van der Waals surface area (Å²) in [6, 6.07) is 35.8. The molecule has 45 heavy (non-hydrogen) atoms. The van der Waals surface area contributed by atoms with E-state index >= 15 is 0 Å². The van der Waals surface area contributed by atoms with Crippen molar-refractivity contribution in [3.05, 3.63) is 126 Å². The fourth-order valence-electron chi connectivity index (χ4n) is 5.95. The van der Waals surface area contributed by atoms with Crippen molar-refractivity contribution in [3.63, 3.8) is 0 Å². The van der Waals surface area contributed by atoms with E-state index < -0.39 is 0 Å². The summed E-state index contributed by atoms with van der Waals surface area (Å²) in [6.07, 6.45) is 2.68. The van der Waals surface area contributed by atoms with Gasteiger partial charge in [0.15, 0.2) is 0 Å². The molecular weight excluding hydrogens is 740 g/mol. The monoisotopic (exact) mass is 771 g/mol. The molecule has 7 aromatic rings. The van der Waals surface area contributed by atoms with Crippen LogP contribution < -0.4 is 9.47 Å². The third-order valence-corrected chi connectivity index (χ3v) is 8.09. The molecule has 6 nitrogen and oxygen atoms in total. The van der Waals surface area contributed by atoms with Crippen LogP contribution in [0.3, 0.4) is 0 Å². The van der Waals surface area contributed by atoms with Crippen LogP contribution in [0.25, 0.3) is 44.4 Å². The Labute approximate surface area is 277 Å². The third-order valence-electron chi connectivity index (χ3n) is 8.09. The van der Waals surface area contributed by atoms with Crippen molar-refractivity contribution in [1.82, 2.24) is 19.3 Å². The third kappa shape index (κ3) is 5.55. The van der Waals surface area contributed by atoms with E-state index in [1.807, 2.05) is 41.2 Å². The van der Waals surface area contributed by atoms with E-state index in [4.69, 9.17) is 19.6 Å². The van der Waals surface area contributed by atoms with Crippen LogP contribution in [0.1, 0.15) is 29.4 Å². The zero-order valence-electron chi connectivity index (χ0n) is 25.8. The van der Waals surface area contributed by atoms with Gasteiger partial charge in [-0.1, -0.05) is 49.2 Å². The molecule has 0 aliphatic heterocycles. The number of aryl methyl sites for hydroxylation is 3. The maximum absolute atomic E-state index is 6.50. The van der Waals surface area contributed by atoms with Gasteiger partial charge in [0.25, 0.3) is 0 Å². The second-order valence-electron chi connectivity index (χ2n) is 11.0. The van der Waals surface area contributed by atoms with E-state index in [2.05, 4.69) is 99.0 Å². The summed E-state index contributed by atoms with van der Waals surface area (Å²) in [5, 5.41) is 7.01. The van der Waals surface area contributed by atoms with Gasteiger partial charge in [0, 0.05) is 34.5 Å². The minimum Gasteiger partial charge on any atom is -0.509 e. The molecular formula is C38H32N4O2Pt. The molecule has 0 radical (unpaired) electrons. The van der Waals surface area contributed by atoms with Crippen LogP contribution in [0.2, 0.25) is 0 Å². The standard InChI is InChI=1S/C38H32N4O2.Pt/c1-6-27-19-29(42-26(4)38(25(3)40-42)28-10-8-7-9-11-28)21-32(20-27)44-31-12-14-33-34-22-30(43-5)13-15-35(34)41(36(33)23-31)37-18-24(2)16-17-39-37;/h7-20,22H,6H2,1-5H3;/q-2;+2. The number of aromatic nitrogens is 4. The maximum atomic E-state index is 6.50. The SMILES string of the molecule is CCc1cc(Oc2[c-]c3c(cc2)c2cc(OC)ccc2n3-c2cc(C)ccn2)[c-]c(-n2nc(C)c(-c3ccccc3)c2C)c1.[Pt+2]. The van der Waals surface area contributed by atoms with Crippen LogP contribution >= 0.6 is 0 Å². The van der Waals surface area contributed by atoms with Crippen molar-refractivity contribution in [2.24, 2.45) is 0 Å². The van der Waals surface area contributed by atoms with Crippen LogP contribution in [-0.4, -0.2) is 26.4 Å². The predicted molar refractivity (Wildman–Crippen MR) is 175 cm³/mol. The van der Waals surface area contributed by atoms with Gasteiger partial charge < -0.3 is 14.0 Å². The average Bonchev–Trinajstić information content (AvgIpc) is 3.53. The number of hydrogen-bond donors (Lipinski definition) is 0. The molecule has 0 fully saturated rings. The first-order valence-electron chi connectivity index (χ1n) is 14.8. The smallest absolute Gasteiger partial charge is 0.509 e. The van der Waals surface area contributed by atoms with Crippen LogP contribution in [0.15, 0.2) is 91.1 Å². The van der Waals surface area contributed by atoms with E-state index in [9.17, 15) is 0 Å². The molecule has 7 heteroatoms. The number of rotatable bonds is 7.